The smallest absolute Gasteiger partial charge is 0.226 e. The van der Waals surface area contributed by atoms with Crippen molar-refractivity contribution in [1.82, 2.24) is 14.5 Å². The minimum atomic E-state index is -0.0153. The molecule has 0 bridgehead atoms. The van der Waals surface area contributed by atoms with Gasteiger partial charge in [-0.15, -0.1) is 12.4 Å². The number of hydrogen-bond acceptors (Lipinski definition) is 5. The molecule has 0 aliphatic heterocycles. The summed E-state index contributed by atoms with van der Waals surface area (Å²) in [7, 11) is 1.89. The van der Waals surface area contributed by atoms with Crippen molar-refractivity contribution in [3.63, 3.8) is 0 Å². The van der Waals surface area contributed by atoms with E-state index in [2.05, 4.69) is 15.3 Å². The molecule has 3 rings (SSSR count). The zero-order valence-corrected chi connectivity index (χ0v) is 15.5. The number of fused-ring (bicyclic) bond motifs is 1. The van der Waals surface area contributed by atoms with E-state index in [-0.39, 0.29) is 23.7 Å². The normalized spacial score (nSPS) is 12.2. The van der Waals surface area contributed by atoms with Crippen LogP contribution >= 0.6 is 35.6 Å². The fourth-order valence-electron chi connectivity index (χ4n) is 2.53. The van der Waals surface area contributed by atoms with E-state index < -0.39 is 0 Å². The molecule has 0 aliphatic rings. The first-order valence-corrected chi connectivity index (χ1v) is 7.95. The van der Waals surface area contributed by atoms with Crippen LogP contribution in [0.5, 0.6) is 0 Å². The second-order valence-electron chi connectivity index (χ2n) is 5.47. The maximum atomic E-state index is 6.56. The van der Waals surface area contributed by atoms with Crippen LogP contribution in [-0.4, -0.2) is 20.6 Å². The summed E-state index contributed by atoms with van der Waals surface area (Å²) in [4.78, 5) is 8.57. The van der Waals surface area contributed by atoms with Gasteiger partial charge in [0.25, 0.3) is 0 Å². The SMILES string of the molecule is CC(N)Cc1c(Cl)c2c(NCc3ccco3)nc(Cl)nc2n1C.Cl. The van der Waals surface area contributed by atoms with E-state index in [9.17, 15) is 0 Å². The van der Waals surface area contributed by atoms with E-state index in [0.29, 0.717) is 29.5 Å². The van der Waals surface area contributed by atoms with Crippen molar-refractivity contribution in [2.45, 2.75) is 25.9 Å². The highest BCUT2D eigenvalue weighted by Crippen LogP contribution is 2.35. The molecule has 24 heavy (non-hydrogen) atoms. The zero-order valence-electron chi connectivity index (χ0n) is 13.2. The van der Waals surface area contributed by atoms with Crippen LogP contribution in [0.15, 0.2) is 22.8 Å². The van der Waals surface area contributed by atoms with E-state index in [4.69, 9.17) is 33.4 Å². The van der Waals surface area contributed by atoms with Gasteiger partial charge in [0.2, 0.25) is 5.28 Å². The molecule has 6 nitrogen and oxygen atoms in total. The third-order valence-electron chi connectivity index (χ3n) is 3.58. The van der Waals surface area contributed by atoms with Crippen molar-refractivity contribution >= 4 is 52.5 Å². The standard InChI is InChI=1S/C15H17Cl2N5O.ClH/c1-8(18)6-10-12(16)11-13(19-7-9-4-3-5-23-9)20-15(17)21-14(11)22(10)2;/h3-5,8H,6-7,18H2,1-2H3,(H,19,20,21);1H. The van der Waals surface area contributed by atoms with E-state index in [1.165, 1.54) is 0 Å². The molecule has 3 aromatic heterocycles. The molecule has 9 heteroatoms. The van der Waals surface area contributed by atoms with E-state index in [1.807, 2.05) is 30.7 Å². The van der Waals surface area contributed by atoms with Crippen molar-refractivity contribution in [1.29, 1.82) is 0 Å². The van der Waals surface area contributed by atoms with Crippen molar-refractivity contribution in [3.05, 3.63) is 40.2 Å². The predicted octanol–water partition coefficient (Wildman–Crippen LogP) is 3.79. The predicted molar refractivity (Wildman–Crippen MR) is 99.2 cm³/mol. The van der Waals surface area contributed by atoms with Gasteiger partial charge < -0.3 is 20.0 Å². The molecule has 3 aromatic rings. The zero-order chi connectivity index (χ0) is 16.6. The minimum Gasteiger partial charge on any atom is -0.467 e. The van der Waals surface area contributed by atoms with E-state index in [1.54, 1.807) is 6.26 Å². The van der Waals surface area contributed by atoms with Crippen molar-refractivity contribution in [2.75, 3.05) is 5.32 Å². The molecular formula is C15H18Cl3N5O. The second-order valence-corrected chi connectivity index (χ2v) is 6.19. The van der Waals surface area contributed by atoms with Gasteiger partial charge in [-0.2, -0.15) is 9.97 Å². The Bertz CT molecular complexity index is 830. The number of rotatable bonds is 5. The summed E-state index contributed by atoms with van der Waals surface area (Å²) in [5.74, 6) is 1.36. The molecular weight excluding hydrogens is 373 g/mol. The number of hydrogen-bond donors (Lipinski definition) is 2. The van der Waals surface area contributed by atoms with Gasteiger partial charge in [-0.3, -0.25) is 0 Å². The van der Waals surface area contributed by atoms with Gasteiger partial charge in [0.15, 0.2) is 0 Å². The van der Waals surface area contributed by atoms with E-state index in [0.717, 1.165) is 16.8 Å². The molecule has 3 N–H and O–H groups in total. The van der Waals surface area contributed by atoms with Crippen molar-refractivity contribution < 1.29 is 4.42 Å². The molecule has 0 aromatic carbocycles. The molecule has 0 radical (unpaired) electrons. The van der Waals surface area contributed by atoms with Gasteiger partial charge in [-0.25, -0.2) is 0 Å². The molecule has 0 saturated heterocycles. The average molecular weight is 391 g/mol. The van der Waals surface area contributed by atoms with Crippen LogP contribution in [-0.2, 0) is 20.0 Å². The average Bonchev–Trinajstić information content (AvgIpc) is 3.08. The maximum absolute atomic E-state index is 6.56. The lowest BCUT2D eigenvalue weighted by atomic mass is 10.2. The van der Waals surface area contributed by atoms with E-state index >= 15 is 0 Å². The van der Waals surface area contributed by atoms with Gasteiger partial charge >= 0.3 is 0 Å². The van der Waals surface area contributed by atoms with Gasteiger partial charge in [-0.05, 0) is 30.7 Å². The third kappa shape index (κ3) is 3.62. The monoisotopic (exact) mass is 389 g/mol. The number of halogens is 3. The van der Waals surface area contributed by atoms with Crippen LogP contribution in [0.3, 0.4) is 0 Å². The van der Waals surface area contributed by atoms with Crippen LogP contribution in [0.1, 0.15) is 18.4 Å². The molecule has 1 atom stereocenters. The summed E-state index contributed by atoms with van der Waals surface area (Å²) < 4.78 is 7.23. The van der Waals surface area contributed by atoms with Crippen molar-refractivity contribution in [3.8, 4) is 0 Å². The summed E-state index contributed by atoms with van der Waals surface area (Å²) in [6.45, 7) is 2.41. The Morgan fingerprint density at radius 1 is 1.38 bits per heavy atom. The van der Waals surface area contributed by atoms with Gasteiger partial charge in [-0.1, -0.05) is 11.6 Å². The fraction of sp³-hybridized carbons (Fsp3) is 0.333. The summed E-state index contributed by atoms with van der Waals surface area (Å²) in [6.07, 6.45) is 2.26. The molecule has 0 saturated carbocycles. The van der Waals surface area contributed by atoms with Crippen LogP contribution in [0, 0.1) is 0 Å². The Balaban J connectivity index is 0.00000208. The third-order valence-corrected chi connectivity index (χ3v) is 4.16. The summed E-state index contributed by atoms with van der Waals surface area (Å²) in [5.41, 5.74) is 7.50. The fourth-order valence-corrected chi connectivity index (χ4v) is 3.07. The highest BCUT2D eigenvalue weighted by atomic mass is 35.5. The quantitative estimate of drug-likeness (QED) is 0.648. The summed E-state index contributed by atoms with van der Waals surface area (Å²) >= 11 is 12.6. The lowest BCUT2D eigenvalue weighted by Crippen LogP contribution is -2.19. The largest absolute Gasteiger partial charge is 0.467 e. The molecule has 130 valence electrons. The van der Waals surface area contributed by atoms with Gasteiger partial charge in [0, 0.05) is 25.2 Å². The van der Waals surface area contributed by atoms with Gasteiger partial charge in [0.05, 0.1) is 23.2 Å². The number of anilines is 1. The summed E-state index contributed by atoms with van der Waals surface area (Å²) in [5, 5.41) is 4.70. The maximum Gasteiger partial charge on any atom is 0.226 e. The number of aryl methyl sites for hydroxylation is 1. The van der Waals surface area contributed by atoms with Crippen LogP contribution in [0.4, 0.5) is 5.82 Å². The Morgan fingerprint density at radius 2 is 2.12 bits per heavy atom. The first-order valence-electron chi connectivity index (χ1n) is 7.19. The number of furan rings is 1. The number of aromatic nitrogens is 3. The molecule has 1 unspecified atom stereocenters. The lowest BCUT2D eigenvalue weighted by molar-refractivity contribution is 0.518. The Kier molecular flexibility index (Phi) is 5.98. The number of nitrogens with zero attached hydrogens (tertiary/aromatic N) is 3. The highest BCUT2D eigenvalue weighted by Gasteiger charge is 2.20. The Labute approximate surface area is 155 Å². The first-order chi connectivity index (χ1) is 11.0. The molecule has 0 aliphatic carbocycles. The molecule has 0 spiro atoms. The Morgan fingerprint density at radius 3 is 2.75 bits per heavy atom. The van der Waals surface area contributed by atoms with Gasteiger partial charge in [0.1, 0.15) is 17.2 Å². The Hall–Kier alpha value is -1.47. The van der Waals surface area contributed by atoms with Crippen LogP contribution in [0.25, 0.3) is 11.0 Å². The number of nitrogens with one attached hydrogen (secondary N) is 1. The molecule has 0 amide bonds. The highest BCUT2D eigenvalue weighted by molar-refractivity contribution is 6.37. The van der Waals surface area contributed by atoms with Crippen LogP contribution in [0.2, 0.25) is 10.3 Å². The molecule has 3 heterocycles. The summed E-state index contributed by atoms with van der Waals surface area (Å²) in [6, 6.07) is 3.69. The second kappa shape index (κ2) is 7.61. The number of nitrogens with two attached hydrogens (primary N) is 1. The topological polar surface area (TPSA) is 81.9 Å². The lowest BCUT2D eigenvalue weighted by Gasteiger charge is -2.07. The minimum absolute atomic E-state index is 0. The first kappa shape index (κ1) is 18.9. The van der Waals surface area contributed by atoms with Crippen molar-refractivity contribution in [2.24, 2.45) is 12.8 Å². The van der Waals surface area contributed by atoms with Crippen LogP contribution < -0.4 is 11.1 Å². The molecule has 0 fully saturated rings.